The van der Waals surface area contributed by atoms with Gasteiger partial charge in [-0.3, -0.25) is 4.18 Å². The predicted octanol–water partition coefficient (Wildman–Crippen LogP) is 0.633. The molecule has 2 unspecified atom stereocenters. The quantitative estimate of drug-likeness (QED) is 0.417. The highest BCUT2D eigenvalue weighted by molar-refractivity contribution is 8.70. The third-order valence-electron chi connectivity index (χ3n) is 1.44. The Kier molecular flexibility index (Phi) is 2.47. The number of rotatable bonds is 0. The van der Waals surface area contributed by atoms with Gasteiger partial charge in [0.05, 0.1) is 12.0 Å². The minimum absolute atomic E-state index is 0.0940. The maximum atomic E-state index is 10.8. The number of hydrogen-bond acceptors (Lipinski definition) is 4. The van der Waals surface area contributed by atoms with Crippen molar-refractivity contribution in [3.8, 4) is 12.3 Å². The molecule has 1 aliphatic heterocycles. The van der Waals surface area contributed by atoms with Gasteiger partial charge in [0.15, 0.2) is 0 Å². The van der Waals surface area contributed by atoms with Crippen molar-refractivity contribution in [1.82, 2.24) is 0 Å². The minimum Gasteiger partial charge on any atom is -0.257 e. The van der Waals surface area contributed by atoms with Crippen LogP contribution >= 0.6 is 10.8 Å². The SMILES string of the molecule is C#CC1CSS(=O)(=O)OC1C. The van der Waals surface area contributed by atoms with Crippen LogP contribution in [-0.2, 0) is 13.3 Å². The van der Waals surface area contributed by atoms with Gasteiger partial charge in [-0.15, -0.1) is 6.42 Å². The fourth-order valence-corrected chi connectivity index (χ4v) is 3.48. The van der Waals surface area contributed by atoms with Crippen LogP contribution in [-0.4, -0.2) is 20.3 Å². The molecule has 0 saturated carbocycles. The van der Waals surface area contributed by atoms with Gasteiger partial charge in [-0.05, 0) is 17.7 Å². The van der Waals surface area contributed by atoms with Gasteiger partial charge in [0.25, 0.3) is 0 Å². The average molecular weight is 192 g/mol. The smallest absolute Gasteiger partial charge is 0.257 e. The number of terminal acetylenes is 1. The van der Waals surface area contributed by atoms with E-state index in [1.807, 2.05) is 0 Å². The first-order valence-electron chi connectivity index (χ1n) is 3.09. The van der Waals surface area contributed by atoms with Gasteiger partial charge < -0.3 is 0 Å². The number of hydrogen-bond donors (Lipinski definition) is 0. The molecule has 0 aliphatic carbocycles. The van der Waals surface area contributed by atoms with Gasteiger partial charge in [0.1, 0.15) is 0 Å². The molecule has 3 nitrogen and oxygen atoms in total. The molecule has 2 atom stereocenters. The zero-order valence-electron chi connectivity index (χ0n) is 5.98. The molecule has 62 valence electrons. The largest absolute Gasteiger partial charge is 0.322 e. The van der Waals surface area contributed by atoms with Gasteiger partial charge in [-0.2, -0.15) is 8.42 Å². The molecule has 5 heteroatoms. The molecule has 0 spiro atoms. The van der Waals surface area contributed by atoms with Crippen molar-refractivity contribution in [3.63, 3.8) is 0 Å². The van der Waals surface area contributed by atoms with Crippen LogP contribution in [0, 0.1) is 18.3 Å². The normalized spacial score (nSPS) is 36.0. The first kappa shape index (κ1) is 8.91. The van der Waals surface area contributed by atoms with Crippen LogP contribution < -0.4 is 0 Å². The highest BCUT2D eigenvalue weighted by atomic mass is 33.1. The predicted molar refractivity (Wildman–Crippen MR) is 44.2 cm³/mol. The minimum atomic E-state index is -3.35. The Morgan fingerprint density at radius 1 is 1.73 bits per heavy atom. The van der Waals surface area contributed by atoms with Crippen molar-refractivity contribution in [2.24, 2.45) is 5.92 Å². The Morgan fingerprint density at radius 3 is 2.82 bits per heavy atom. The maximum absolute atomic E-state index is 10.8. The Hall–Kier alpha value is -0.180. The lowest BCUT2D eigenvalue weighted by atomic mass is 10.1. The summed E-state index contributed by atoms with van der Waals surface area (Å²) < 4.78 is 26.3. The van der Waals surface area contributed by atoms with E-state index < -0.39 is 9.15 Å². The lowest BCUT2D eigenvalue weighted by Crippen LogP contribution is -2.29. The van der Waals surface area contributed by atoms with E-state index in [0.29, 0.717) is 5.75 Å². The fraction of sp³-hybridized carbons (Fsp3) is 0.667. The molecule has 0 aromatic heterocycles. The van der Waals surface area contributed by atoms with Crippen LogP contribution in [0.3, 0.4) is 0 Å². The van der Waals surface area contributed by atoms with E-state index in [4.69, 9.17) is 6.42 Å². The summed E-state index contributed by atoms with van der Waals surface area (Å²) in [6.07, 6.45) is 4.76. The summed E-state index contributed by atoms with van der Waals surface area (Å²) >= 11 is 0. The summed E-state index contributed by atoms with van der Waals surface area (Å²) in [5.74, 6) is 2.82. The monoisotopic (exact) mass is 192 g/mol. The highest BCUT2D eigenvalue weighted by Gasteiger charge is 2.30. The Morgan fingerprint density at radius 2 is 2.36 bits per heavy atom. The van der Waals surface area contributed by atoms with E-state index >= 15 is 0 Å². The molecule has 1 saturated heterocycles. The van der Waals surface area contributed by atoms with Crippen molar-refractivity contribution < 1.29 is 12.6 Å². The van der Waals surface area contributed by atoms with Crippen LogP contribution in [0.15, 0.2) is 0 Å². The third kappa shape index (κ3) is 2.12. The van der Waals surface area contributed by atoms with Gasteiger partial charge in [0.2, 0.25) is 0 Å². The van der Waals surface area contributed by atoms with E-state index in [9.17, 15) is 8.42 Å². The molecule has 1 aliphatic rings. The Bertz CT molecular complexity index is 275. The van der Waals surface area contributed by atoms with Crippen molar-refractivity contribution in [1.29, 1.82) is 0 Å². The van der Waals surface area contributed by atoms with E-state index in [1.54, 1.807) is 6.92 Å². The topological polar surface area (TPSA) is 43.4 Å². The van der Waals surface area contributed by atoms with E-state index in [-0.39, 0.29) is 12.0 Å². The summed E-state index contributed by atoms with van der Waals surface area (Å²) in [6, 6.07) is 0. The van der Waals surface area contributed by atoms with Gasteiger partial charge in [-0.1, -0.05) is 5.92 Å². The third-order valence-corrected chi connectivity index (χ3v) is 4.28. The standard InChI is InChI=1S/C6H8O3S2/c1-3-6-4-10-11(7,8)9-5(6)2/h1,5-6H,4H2,2H3. The van der Waals surface area contributed by atoms with E-state index in [1.165, 1.54) is 0 Å². The van der Waals surface area contributed by atoms with Crippen LogP contribution in [0.1, 0.15) is 6.92 Å². The van der Waals surface area contributed by atoms with Crippen molar-refractivity contribution in [3.05, 3.63) is 0 Å². The van der Waals surface area contributed by atoms with E-state index in [0.717, 1.165) is 10.8 Å². The second-order valence-electron chi connectivity index (χ2n) is 2.27. The van der Waals surface area contributed by atoms with E-state index in [2.05, 4.69) is 10.1 Å². The summed E-state index contributed by atoms with van der Waals surface area (Å²) in [5.41, 5.74) is 0. The highest BCUT2D eigenvalue weighted by Crippen LogP contribution is 2.29. The first-order valence-corrected chi connectivity index (χ1v) is 6.00. The molecule has 1 fully saturated rings. The second kappa shape index (κ2) is 3.05. The fourth-order valence-electron chi connectivity index (χ4n) is 0.756. The lowest BCUT2D eigenvalue weighted by Gasteiger charge is -2.23. The molecular formula is C6H8O3S2. The van der Waals surface area contributed by atoms with Gasteiger partial charge >= 0.3 is 9.15 Å². The second-order valence-corrected chi connectivity index (χ2v) is 5.78. The van der Waals surface area contributed by atoms with Crippen molar-refractivity contribution in [2.45, 2.75) is 13.0 Å². The molecule has 0 amide bonds. The lowest BCUT2D eigenvalue weighted by molar-refractivity contribution is 0.199. The van der Waals surface area contributed by atoms with Crippen LogP contribution in [0.5, 0.6) is 0 Å². The molecular weight excluding hydrogens is 184 g/mol. The summed E-state index contributed by atoms with van der Waals surface area (Å²) in [6.45, 7) is 1.67. The van der Waals surface area contributed by atoms with Crippen LogP contribution in [0.2, 0.25) is 0 Å². The molecule has 0 aromatic carbocycles. The summed E-state index contributed by atoms with van der Waals surface area (Å²) in [7, 11) is -2.59. The van der Waals surface area contributed by atoms with Crippen LogP contribution in [0.25, 0.3) is 0 Å². The zero-order valence-corrected chi connectivity index (χ0v) is 7.61. The zero-order chi connectivity index (χ0) is 8.48. The summed E-state index contributed by atoms with van der Waals surface area (Å²) in [4.78, 5) is 0. The average Bonchev–Trinajstić information content (AvgIpc) is 1.86. The molecule has 0 aromatic rings. The summed E-state index contributed by atoms with van der Waals surface area (Å²) in [5, 5.41) is 0. The molecule has 0 radical (unpaired) electrons. The first-order chi connectivity index (χ1) is 5.05. The molecule has 0 N–H and O–H groups in total. The maximum Gasteiger partial charge on any atom is 0.322 e. The molecule has 11 heavy (non-hydrogen) atoms. The Labute approximate surface area is 70.0 Å². The van der Waals surface area contributed by atoms with Gasteiger partial charge in [0, 0.05) is 5.75 Å². The van der Waals surface area contributed by atoms with Crippen LogP contribution in [0.4, 0.5) is 0 Å². The van der Waals surface area contributed by atoms with Gasteiger partial charge in [-0.25, -0.2) is 0 Å². The Balaban J connectivity index is 2.71. The molecule has 0 bridgehead atoms. The van der Waals surface area contributed by atoms with Crippen molar-refractivity contribution in [2.75, 3.05) is 5.75 Å². The van der Waals surface area contributed by atoms with Crippen molar-refractivity contribution >= 4 is 19.9 Å². The molecule has 1 heterocycles. The molecule has 1 rings (SSSR count).